The molecule has 2 aromatic heterocycles. The van der Waals surface area contributed by atoms with Crippen LogP contribution in [0.5, 0.6) is 0 Å². The van der Waals surface area contributed by atoms with Crippen molar-refractivity contribution in [2.75, 3.05) is 0 Å². The van der Waals surface area contributed by atoms with Gasteiger partial charge in [-0.05, 0) is 18.1 Å². The first-order valence-electron chi connectivity index (χ1n) is 3.27. The lowest BCUT2D eigenvalue weighted by molar-refractivity contribution is 0.0655. The molecule has 0 spiro atoms. The van der Waals surface area contributed by atoms with Crippen molar-refractivity contribution in [2.45, 2.75) is 6.92 Å². The van der Waals surface area contributed by atoms with Crippen LogP contribution in [-0.4, -0.2) is 16.2 Å². The molecule has 0 aromatic carbocycles. The van der Waals surface area contributed by atoms with Gasteiger partial charge in [0.25, 0.3) is 11.5 Å². The van der Waals surface area contributed by atoms with Gasteiger partial charge < -0.3 is 14.0 Å². The van der Waals surface area contributed by atoms with Crippen molar-refractivity contribution < 1.29 is 18.8 Å². The van der Waals surface area contributed by atoms with Crippen LogP contribution in [0.4, 0.5) is 0 Å². The van der Waals surface area contributed by atoms with E-state index in [9.17, 15) is 4.79 Å². The summed E-state index contributed by atoms with van der Waals surface area (Å²) in [5.41, 5.74) is 0.227. The first kappa shape index (κ1) is 6.90. The zero-order valence-electron chi connectivity index (χ0n) is 6.20. The first-order valence-corrected chi connectivity index (χ1v) is 3.27. The van der Waals surface area contributed by atoms with Gasteiger partial charge in [-0.2, -0.15) is 0 Å². The van der Waals surface area contributed by atoms with E-state index >= 15 is 0 Å². The highest BCUT2D eigenvalue weighted by Gasteiger charge is 2.18. The van der Waals surface area contributed by atoms with Crippen molar-refractivity contribution in [2.24, 2.45) is 0 Å². The van der Waals surface area contributed by atoms with Crippen molar-refractivity contribution in [1.29, 1.82) is 0 Å². The van der Waals surface area contributed by atoms with E-state index in [1.165, 1.54) is 0 Å². The number of carboxylic acids is 1. The zero-order valence-corrected chi connectivity index (χ0v) is 6.20. The Morgan fingerprint density at radius 1 is 1.67 bits per heavy atom. The van der Waals surface area contributed by atoms with Crippen LogP contribution in [0, 0.1) is 6.92 Å². The molecule has 0 atom stereocenters. The number of hydrogen-bond acceptors (Lipinski definition) is 4. The number of fused-ring (bicyclic) bond motifs is 1. The Kier molecular flexibility index (Phi) is 1.21. The second-order valence-electron chi connectivity index (χ2n) is 2.39. The zero-order chi connectivity index (χ0) is 8.72. The third-order valence-corrected chi connectivity index (χ3v) is 1.49. The molecule has 0 saturated carbocycles. The first-order chi connectivity index (χ1) is 5.68. The molecule has 0 unspecified atom stereocenters. The predicted octanol–water partition coefficient (Wildman–Crippen LogP) is 1.43. The Morgan fingerprint density at radius 2 is 2.42 bits per heavy atom. The number of nitrogens with zero attached hydrogens (tertiary/aromatic N) is 1. The molecule has 0 radical (unpaired) electrons. The fraction of sp³-hybridized carbons (Fsp3) is 0.143. The summed E-state index contributed by atoms with van der Waals surface area (Å²) in [4.78, 5) is 10.5. The highest BCUT2D eigenvalue weighted by Crippen LogP contribution is 2.21. The maximum absolute atomic E-state index is 10.5. The molecule has 0 saturated heterocycles. The number of hydrogen-bond donors (Lipinski definition) is 1. The van der Waals surface area contributed by atoms with Crippen LogP contribution in [0.2, 0.25) is 0 Å². The average molecular weight is 167 g/mol. The summed E-state index contributed by atoms with van der Waals surface area (Å²) < 4.78 is 9.56. The molecule has 12 heavy (non-hydrogen) atoms. The Bertz CT molecular complexity index is 439. The lowest BCUT2D eigenvalue weighted by Crippen LogP contribution is -1.92. The number of aryl methyl sites for hydroxylation is 1. The van der Waals surface area contributed by atoms with Crippen LogP contribution in [0.1, 0.15) is 16.3 Å². The molecular weight excluding hydrogens is 162 g/mol. The normalized spacial score (nSPS) is 10.8. The molecule has 0 fully saturated rings. The molecule has 0 aliphatic heterocycles. The van der Waals surface area contributed by atoms with Crippen molar-refractivity contribution >= 4 is 17.1 Å². The van der Waals surface area contributed by atoms with E-state index in [1.807, 2.05) is 0 Å². The SMILES string of the molecule is Cc1cc2c(C(=O)O)onc2o1. The molecule has 2 heterocycles. The van der Waals surface area contributed by atoms with Crippen LogP contribution >= 0.6 is 0 Å². The van der Waals surface area contributed by atoms with Crippen molar-refractivity contribution in [3.8, 4) is 0 Å². The van der Waals surface area contributed by atoms with Gasteiger partial charge in [0, 0.05) is 0 Å². The Balaban J connectivity index is 2.76. The number of aromatic nitrogens is 1. The van der Waals surface area contributed by atoms with Crippen LogP contribution in [0.3, 0.4) is 0 Å². The lowest BCUT2D eigenvalue weighted by atomic mass is 10.3. The quantitative estimate of drug-likeness (QED) is 0.695. The lowest BCUT2D eigenvalue weighted by Gasteiger charge is -1.80. The summed E-state index contributed by atoms with van der Waals surface area (Å²) >= 11 is 0. The van der Waals surface area contributed by atoms with E-state index in [0.717, 1.165) is 0 Å². The smallest absolute Gasteiger partial charge is 0.375 e. The minimum atomic E-state index is -1.14. The Morgan fingerprint density at radius 3 is 3.08 bits per heavy atom. The number of carbonyl (C=O) groups is 1. The third kappa shape index (κ3) is 0.795. The average Bonchev–Trinajstić information content (AvgIpc) is 2.43. The van der Waals surface area contributed by atoms with Gasteiger partial charge in [0.15, 0.2) is 0 Å². The van der Waals surface area contributed by atoms with Gasteiger partial charge in [-0.15, -0.1) is 0 Å². The minimum Gasteiger partial charge on any atom is -0.475 e. The molecule has 1 N–H and O–H groups in total. The number of aromatic carboxylic acids is 1. The minimum absolute atomic E-state index is 0.179. The highest BCUT2D eigenvalue weighted by atomic mass is 16.5. The van der Waals surface area contributed by atoms with E-state index < -0.39 is 5.97 Å². The molecular formula is C7H5NO4. The van der Waals surface area contributed by atoms with E-state index in [2.05, 4.69) is 9.68 Å². The van der Waals surface area contributed by atoms with E-state index in [-0.39, 0.29) is 11.5 Å². The molecule has 0 aliphatic carbocycles. The molecule has 0 aliphatic rings. The Hall–Kier alpha value is -1.78. The maximum Gasteiger partial charge on any atom is 0.375 e. The topological polar surface area (TPSA) is 76.5 Å². The van der Waals surface area contributed by atoms with E-state index in [0.29, 0.717) is 11.1 Å². The van der Waals surface area contributed by atoms with Crippen molar-refractivity contribution in [1.82, 2.24) is 5.16 Å². The monoisotopic (exact) mass is 167 g/mol. The van der Waals surface area contributed by atoms with Gasteiger partial charge in [0.05, 0.1) is 5.39 Å². The molecule has 5 nitrogen and oxygen atoms in total. The number of carboxylic acid groups (broad SMARTS) is 1. The second-order valence-corrected chi connectivity index (χ2v) is 2.39. The van der Waals surface area contributed by atoms with Gasteiger partial charge in [-0.25, -0.2) is 4.79 Å². The van der Waals surface area contributed by atoms with Crippen LogP contribution < -0.4 is 0 Å². The van der Waals surface area contributed by atoms with E-state index in [4.69, 9.17) is 9.52 Å². The molecule has 5 heteroatoms. The highest BCUT2D eigenvalue weighted by molar-refractivity contribution is 5.98. The maximum atomic E-state index is 10.5. The largest absolute Gasteiger partial charge is 0.475 e. The number of furan rings is 1. The predicted molar refractivity (Wildman–Crippen MR) is 38.0 cm³/mol. The number of rotatable bonds is 1. The van der Waals surface area contributed by atoms with Gasteiger partial charge in [0.2, 0.25) is 0 Å². The van der Waals surface area contributed by atoms with E-state index in [1.54, 1.807) is 13.0 Å². The summed E-state index contributed by atoms with van der Waals surface area (Å²) in [7, 11) is 0. The second kappa shape index (κ2) is 2.10. The van der Waals surface area contributed by atoms with Crippen LogP contribution in [-0.2, 0) is 0 Å². The summed E-state index contributed by atoms with van der Waals surface area (Å²) in [5.74, 6) is -0.703. The Labute approximate surface area is 66.6 Å². The molecule has 0 bridgehead atoms. The summed E-state index contributed by atoms with van der Waals surface area (Å²) in [6.07, 6.45) is 0. The molecule has 0 amide bonds. The van der Waals surface area contributed by atoms with Gasteiger partial charge in [-0.1, -0.05) is 0 Å². The van der Waals surface area contributed by atoms with Crippen LogP contribution in [0.25, 0.3) is 11.1 Å². The molecule has 62 valence electrons. The van der Waals surface area contributed by atoms with Gasteiger partial charge >= 0.3 is 5.97 Å². The summed E-state index contributed by atoms with van der Waals surface area (Å²) in [6.45, 7) is 1.72. The van der Waals surface area contributed by atoms with Crippen molar-refractivity contribution in [3.63, 3.8) is 0 Å². The summed E-state index contributed by atoms with van der Waals surface area (Å²) in [5, 5.41) is 12.4. The third-order valence-electron chi connectivity index (χ3n) is 1.49. The molecule has 2 rings (SSSR count). The molecule has 2 aromatic rings. The van der Waals surface area contributed by atoms with Crippen molar-refractivity contribution in [3.05, 3.63) is 17.6 Å². The fourth-order valence-electron chi connectivity index (χ4n) is 1.02. The summed E-state index contributed by atoms with van der Waals surface area (Å²) in [6, 6.07) is 1.58. The standard InChI is InChI=1S/C7H5NO4/c1-3-2-4-5(7(9)10)12-8-6(4)11-3/h2H,1H3,(H,9,10). The van der Waals surface area contributed by atoms with Gasteiger partial charge in [0.1, 0.15) is 5.76 Å². The van der Waals surface area contributed by atoms with Crippen LogP contribution in [0.15, 0.2) is 15.0 Å². The van der Waals surface area contributed by atoms with Gasteiger partial charge in [-0.3, -0.25) is 0 Å². The fourth-order valence-corrected chi connectivity index (χ4v) is 1.02.